The Morgan fingerprint density at radius 1 is 1.30 bits per heavy atom. The van der Waals surface area contributed by atoms with Crippen LogP contribution < -0.4 is 15.2 Å². The van der Waals surface area contributed by atoms with E-state index in [-0.39, 0.29) is 6.04 Å². The molecule has 1 fully saturated rings. The molecule has 5 heteroatoms. The van der Waals surface area contributed by atoms with Crippen molar-refractivity contribution in [3.05, 3.63) is 22.2 Å². The second-order valence-corrected chi connectivity index (χ2v) is 7.12. The third-order valence-corrected chi connectivity index (χ3v) is 5.64. The van der Waals surface area contributed by atoms with Crippen LogP contribution >= 0.6 is 27.7 Å². The zero-order valence-corrected chi connectivity index (χ0v) is 14.4. The molecular formula is C15H22BrNO2S. The summed E-state index contributed by atoms with van der Waals surface area (Å²) in [7, 11) is 3.33. The number of thioether (sulfide) groups is 1. The van der Waals surface area contributed by atoms with Gasteiger partial charge in [-0.05, 0) is 64.7 Å². The van der Waals surface area contributed by atoms with Crippen LogP contribution in [0.2, 0.25) is 0 Å². The maximum atomic E-state index is 6.41. The molecule has 112 valence electrons. The largest absolute Gasteiger partial charge is 0.495 e. The number of nitrogens with two attached hydrogens (primary N) is 1. The molecule has 0 saturated carbocycles. The van der Waals surface area contributed by atoms with Crippen molar-refractivity contribution in [1.29, 1.82) is 0 Å². The molecule has 2 rings (SSSR count). The lowest BCUT2D eigenvalue weighted by Gasteiger charge is -2.25. The third kappa shape index (κ3) is 3.62. The molecule has 1 aromatic carbocycles. The Morgan fingerprint density at radius 2 is 2.00 bits per heavy atom. The summed E-state index contributed by atoms with van der Waals surface area (Å²) in [5, 5.41) is 0. The molecule has 3 nitrogen and oxygen atoms in total. The van der Waals surface area contributed by atoms with Crippen LogP contribution in [0.25, 0.3) is 0 Å². The fourth-order valence-corrected chi connectivity index (χ4v) is 4.57. The van der Waals surface area contributed by atoms with E-state index in [0.29, 0.717) is 0 Å². The van der Waals surface area contributed by atoms with E-state index in [1.54, 1.807) is 14.2 Å². The molecule has 2 N–H and O–H groups in total. The highest BCUT2D eigenvalue weighted by Gasteiger charge is 2.22. The molecule has 1 atom stereocenters. The standard InChI is InChI=1S/C15H22BrNO2S/c1-18-13-4-3-11(15(19-2)14(13)16)12(17)9-10-5-7-20-8-6-10/h3-4,10,12H,5-9,17H2,1-2H3. The topological polar surface area (TPSA) is 44.5 Å². The van der Waals surface area contributed by atoms with Crippen molar-refractivity contribution in [1.82, 2.24) is 0 Å². The Balaban J connectivity index is 2.16. The van der Waals surface area contributed by atoms with Gasteiger partial charge in [0, 0.05) is 11.6 Å². The Bertz CT molecular complexity index is 450. The summed E-state index contributed by atoms with van der Waals surface area (Å²) < 4.78 is 11.7. The summed E-state index contributed by atoms with van der Waals surface area (Å²) in [6.07, 6.45) is 3.58. The molecular weight excluding hydrogens is 338 g/mol. The number of ether oxygens (including phenoxy) is 2. The number of halogens is 1. The van der Waals surface area contributed by atoms with Crippen LogP contribution in [0.15, 0.2) is 16.6 Å². The minimum atomic E-state index is 0.0141. The van der Waals surface area contributed by atoms with Gasteiger partial charge in [-0.2, -0.15) is 11.8 Å². The lowest BCUT2D eigenvalue weighted by molar-refractivity contribution is 0.371. The van der Waals surface area contributed by atoms with Gasteiger partial charge in [0.15, 0.2) is 0 Å². The van der Waals surface area contributed by atoms with Gasteiger partial charge in [-0.3, -0.25) is 0 Å². The van der Waals surface area contributed by atoms with Crippen molar-refractivity contribution >= 4 is 27.7 Å². The van der Waals surface area contributed by atoms with Crippen molar-refractivity contribution in [2.24, 2.45) is 11.7 Å². The first-order chi connectivity index (χ1) is 9.67. The molecule has 1 aromatic rings. The third-order valence-electron chi connectivity index (χ3n) is 3.84. The van der Waals surface area contributed by atoms with Crippen LogP contribution in [0.3, 0.4) is 0 Å². The molecule has 0 spiro atoms. The first-order valence-electron chi connectivity index (χ1n) is 6.91. The fraction of sp³-hybridized carbons (Fsp3) is 0.600. The summed E-state index contributed by atoms with van der Waals surface area (Å²) in [5.41, 5.74) is 7.47. The highest BCUT2D eigenvalue weighted by atomic mass is 79.9. The summed E-state index contributed by atoms with van der Waals surface area (Å²) in [4.78, 5) is 0. The van der Waals surface area contributed by atoms with Crippen molar-refractivity contribution in [3.63, 3.8) is 0 Å². The lowest BCUT2D eigenvalue weighted by Crippen LogP contribution is -2.19. The van der Waals surface area contributed by atoms with E-state index in [4.69, 9.17) is 15.2 Å². The van der Waals surface area contributed by atoms with E-state index < -0.39 is 0 Å². The number of hydrogen-bond acceptors (Lipinski definition) is 4. The van der Waals surface area contributed by atoms with Gasteiger partial charge in [0.1, 0.15) is 16.0 Å². The van der Waals surface area contributed by atoms with E-state index in [2.05, 4.69) is 15.9 Å². The van der Waals surface area contributed by atoms with E-state index in [1.165, 1.54) is 24.3 Å². The average Bonchev–Trinajstić information content (AvgIpc) is 2.47. The predicted molar refractivity (Wildman–Crippen MR) is 88.8 cm³/mol. The fourth-order valence-electron chi connectivity index (χ4n) is 2.68. The van der Waals surface area contributed by atoms with E-state index in [9.17, 15) is 0 Å². The maximum Gasteiger partial charge on any atom is 0.141 e. The number of methoxy groups -OCH3 is 2. The molecule has 1 unspecified atom stereocenters. The van der Waals surface area contributed by atoms with E-state index >= 15 is 0 Å². The van der Waals surface area contributed by atoms with Crippen molar-refractivity contribution in [3.8, 4) is 11.5 Å². The van der Waals surface area contributed by atoms with Crippen LogP contribution in [0.5, 0.6) is 11.5 Å². The molecule has 1 heterocycles. The van der Waals surface area contributed by atoms with Gasteiger partial charge >= 0.3 is 0 Å². The van der Waals surface area contributed by atoms with Crippen molar-refractivity contribution in [2.45, 2.75) is 25.3 Å². The van der Waals surface area contributed by atoms with Crippen LogP contribution in [-0.4, -0.2) is 25.7 Å². The average molecular weight is 360 g/mol. The van der Waals surface area contributed by atoms with Crippen LogP contribution in [-0.2, 0) is 0 Å². The van der Waals surface area contributed by atoms with Gasteiger partial charge in [0.2, 0.25) is 0 Å². The van der Waals surface area contributed by atoms with Gasteiger partial charge in [0.05, 0.1) is 14.2 Å². The first kappa shape index (κ1) is 16.0. The zero-order valence-electron chi connectivity index (χ0n) is 12.0. The molecule has 1 aliphatic rings. The van der Waals surface area contributed by atoms with Crippen LogP contribution in [0.4, 0.5) is 0 Å². The highest BCUT2D eigenvalue weighted by Crippen LogP contribution is 2.41. The molecule has 20 heavy (non-hydrogen) atoms. The van der Waals surface area contributed by atoms with Crippen molar-refractivity contribution in [2.75, 3.05) is 25.7 Å². The number of benzene rings is 1. The van der Waals surface area contributed by atoms with Gasteiger partial charge in [-0.15, -0.1) is 0 Å². The zero-order chi connectivity index (χ0) is 14.5. The number of rotatable bonds is 5. The smallest absolute Gasteiger partial charge is 0.141 e. The maximum absolute atomic E-state index is 6.41. The number of hydrogen-bond donors (Lipinski definition) is 1. The molecule has 0 bridgehead atoms. The molecule has 0 aliphatic carbocycles. The first-order valence-corrected chi connectivity index (χ1v) is 8.85. The lowest BCUT2D eigenvalue weighted by atomic mass is 9.91. The minimum absolute atomic E-state index is 0.0141. The Labute approximate surface area is 133 Å². The summed E-state index contributed by atoms with van der Waals surface area (Å²) >= 11 is 5.58. The molecule has 0 aromatic heterocycles. The highest BCUT2D eigenvalue weighted by molar-refractivity contribution is 9.10. The summed E-state index contributed by atoms with van der Waals surface area (Å²) in [5.74, 6) is 4.83. The summed E-state index contributed by atoms with van der Waals surface area (Å²) in [6.45, 7) is 0. The van der Waals surface area contributed by atoms with Gasteiger partial charge in [-0.1, -0.05) is 0 Å². The van der Waals surface area contributed by atoms with Gasteiger partial charge in [-0.25, -0.2) is 0 Å². The van der Waals surface area contributed by atoms with Crippen LogP contribution in [0, 0.1) is 5.92 Å². The second kappa shape index (κ2) is 7.57. The van der Waals surface area contributed by atoms with Gasteiger partial charge in [0.25, 0.3) is 0 Å². The van der Waals surface area contributed by atoms with E-state index in [1.807, 2.05) is 23.9 Å². The summed E-state index contributed by atoms with van der Waals surface area (Å²) in [6, 6.07) is 3.98. The van der Waals surface area contributed by atoms with Crippen LogP contribution in [0.1, 0.15) is 30.9 Å². The molecule has 0 radical (unpaired) electrons. The Kier molecular flexibility index (Phi) is 6.05. The van der Waals surface area contributed by atoms with Gasteiger partial charge < -0.3 is 15.2 Å². The molecule has 1 saturated heterocycles. The SMILES string of the molecule is COc1ccc(C(N)CC2CCSCC2)c(OC)c1Br. The normalized spacial score (nSPS) is 17.8. The monoisotopic (exact) mass is 359 g/mol. The Hall–Kier alpha value is -0.390. The van der Waals surface area contributed by atoms with E-state index in [0.717, 1.165) is 33.9 Å². The van der Waals surface area contributed by atoms with Crippen molar-refractivity contribution < 1.29 is 9.47 Å². The minimum Gasteiger partial charge on any atom is -0.495 e. The molecule has 1 aliphatic heterocycles. The molecule has 0 amide bonds. The Morgan fingerprint density at radius 3 is 2.60 bits per heavy atom. The quantitative estimate of drug-likeness (QED) is 0.862. The predicted octanol–water partition coefficient (Wildman–Crippen LogP) is 4.00. The second-order valence-electron chi connectivity index (χ2n) is 5.10.